The fraction of sp³-hybridized carbons (Fsp3) is 0.500. The van der Waals surface area contributed by atoms with E-state index in [-0.39, 0.29) is 24.0 Å². The van der Waals surface area contributed by atoms with E-state index in [4.69, 9.17) is 11.6 Å². The third-order valence-corrected chi connectivity index (χ3v) is 4.75. The van der Waals surface area contributed by atoms with Crippen LogP contribution < -0.4 is 5.32 Å². The number of nitrogens with one attached hydrogen (secondary N) is 1. The molecule has 2 aromatic rings. The third kappa shape index (κ3) is 5.33. The Hall–Kier alpha value is -1.35. The average molecular weight is 489 g/mol. The Bertz CT molecular complexity index is 728. The number of aliphatic imine (C=N–C) groups is 1. The number of guanidine groups is 1. The molecule has 0 fully saturated rings. The predicted molar refractivity (Wildman–Crippen MR) is 116 cm³/mol. The lowest BCUT2D eigenvalue weighted by Crippen LogP contribution is -2.38. The second-order valence-electron chi connectivity index (χ2n) is 6.38. The zero-order chi connectivity index (χ0) is 17.6. The zero-order valence-electron chi connectivity index (χ0n) is 15.3. The van der Waals surface area contributed by atoms with Crippen LogP contribution in [0.4, 0.5) is 0 Å². The van der Waals surface area contributed by atoms with Gasteiger partial charge in [-0.1, -0.05) is 30.2 Å². The molecule has 1 N–H and O–H groups in total. The first-order valence-electron chi connectivity index (χ1n) is 8.74. The lowest BCUT2D eigenvalue weighted by Gasteiger charge is -2.22. The molecule has 0 radical (unpaired) electrons. The van der Waals surface area contributed by atoms with Crippen LogP contribution in [0.1, 0.15) is 36.5 Å². The van der Waals surface area contributed by atoms with Crippen molar-refractivity contribution >= 4 is 41.5 Å². The standard InChI is InChI=1S/C18H25ClN6.HI/c1-20-18(24(2)13-14-7-9-15(19)10-8-14)21-12-17-23-22-16-6-4-3-5-11-25(16)17;/h7-10H,3-6,11-13H2,1-2H3,(H,20,21);1H. The minimum atomic E-state index is 0. The van der Waals surface area contributed by atoms with Crippen LogP contribution in [-0.2, 0) is 26.1 Å². The van der Waals surface area contributed by atoms with Crippen molar-refractivity contribution in [1.82, 2.24) is 25.0 Å². The Morgan fingerprint density at radius 1 is 1.23 bits per heavy atom. The first-order chi connectivity index (χ1) is 12.2. The number of benzene rings is 1. The molecule has 26 heavy (non-hydrogen) atoms. The zero-order valence-corrected chi connectivity index (χ0v) is 18.4. The molecule has 0 saturated heterocycles. The topological polar surface area (TPSA) is 58.3 Å². The number of halogens is 2. The Morgan fingerprint density at radius 2 is 2.00 bits per heavy atom. The van der Waals surface area contributed by atoms with E-state index >= 15 is 0 Å². The summed E-state index contributed by atoms with van der Waals surface area (Å²) in [5.74, 6) is 2.93. The van der Waals surface area contributed by atoms with Crippen molar-refractivity contribution in [3.8, 4) is 0 Å². The van der Waals surface area contributed by atoms with Crippen molar-refractivity contribution in [2.24, 2.45) is 4.99 Å². The molecule has 0 amide bonds. The van der Waals surface area contributed by atoms with E-state index in [1.165, 1.54) is 24.8 Å². The summed E-state index contributed by atoms with van der Waals surface area (Å²) in [6.45, 7) is 2.40. The maximum Gasteiger partial charge on any atom is 0.194 e. The number of fused-ring (bicyclic) bond motifs is 1. The SMILES string of the molecule is CN=C(NCc1nnc2n1CCCCC2)N(C)Cc1ccc(Cl)cc1.I. The van der Waals surface area contributed by atoms with Crippen molar-refractivity contribution in [2.45, 2.75) is 45.3 Å². The molecule has 0 aliphatic carbocycles. The summed E-state index contributed by atoms with van der Waals surface area (Å²) >= 11 is 5.95. The highest BCUT2D eigenvalue weighted by Crippen LogP contribution is 2.14. The lowest BCUT2D eigenvalue weighted by molar-refractivity contribution is 0.473. The Morgan fingerprint density at radius 3 is 2.73 bits per heavy atom. The maximum atomic E-state index is 5.95. The van der Waals surface area contributed by atoms with Gasteiger partial charge in [0, 0.05) is 38.6 Å². The number of hydrogen-bond donors (Lipinski definition) is 1. The fourth-order valence-electron chi connectivity index (χ4n) is 3.16. The van der Waals surface area contributed by atoms with Gasteiger partial charge in [-0.3, -0.25) is 4.99 Å². The van der Waals surface area contributed by atoms with Gasteiger partial charge in [0.2, 0.25) is 0 Å². The molecule has 0 atom stereocenters. The van der Waals surface area contributed by atoms with Crippen LogP contribution in [0.15, 0.2) is 29.3 Å². The van der Waals surface area contributed by atoms with Crippen molar-refractivity contribution in [1.29, 1.82) is 0 Å². The highest BCUT2D eigenvalue weighted by molar-refractivity contribution is 14.0. The van der Waals surface area contributed by atoms with Crippen molar-refractivity contribution in [2.75, 3.05) is 14.1 Å². The van der Waals surface area contributed by atoms with Crippen LogP contribution in [0.25, 0.3) is 0 Å². The molecule has 0 bridgehead atoms. The minimum absolute atomic E-state index is 0. The smallest absolute Gasteiger partial charge is 0.194 e. The van der Waals surface area contributed by atoms with Crippen LogP contribution in [0.2, 0.25) is 5.02 Å². The number of hydrogen-bond acceptors (Lipinski definition) is 3. The van der Waals surface area contributed by atoms with Crippen LogP contribution in [0.3, 0.4) is 0 Å². The second kappa shape index (κ2) is 10.1. The van der Waals surface area contributed by atoms with E-state index in [9.17, 15) is 0 Å². The number of rotatable bonds is 4. The van der Waals surface area contributed by atoms with Crippen LogP contribution in [0.5, 0.6) is 0 Å². The van der Waals surface area contributed by atoms with Gasteiger partial charge in [0.05, 0.1) is 6.54 Å². The van der Waals surface area contributed by atoms with E-state index in [1.807, 2.05) is 31.3 Å². The second-order valence-corrected chi connectivity index (χ2v) is 6.81. The van der Waals surface area contributed by atoms with Crippen LogP contribution in [0, 0.1) is 0 Å². The first kappa shape index (κ1) is 21.0. The molecule has 0 saturated carbocycles. The lowest BCUT2D eigenvalue weighted by atomic mass is 10.2. The van der Waals surface area contributed by atoms with Gasteiger partial charge >= 0.3 is 0 Å². The third-order valence-electron chi connectivity index (χ3n) is 4.50. The quantitative estimate of drug-likeness (QED) is 0.407. The van der Waals surface area contributed by atoms with Crippen molar-refractivity contribution in [3.05, 3.63) is 46.5 Å². The Balaban J connectivity index is 0.00000243. The molecule has 1 aromatic carbocycles. The Labute approximate surface area is 177 Å². The molecule has 1 aliphatic heterocycles. The van der Waals surface area contributed by atoms with Gasteiger partial charge in [-0.15, -0.1) is 34.2 Å². The van der Waals surface area contributed by atoms with E-state index in [2.05, 4.69) is 30.0 Å². The largest absolute Gasteiger partial charge is 0.349 e. The summed E-state index contributed by atoms with van der Waals surface area (Å²) in [7, 11) is 3.82. The summed E-state index contributed by atoms with van der Waals surface area (Å²) in [5.41, 5.74) is 1.19. The molecule has 1 aliphatic rings. The molecule has 6 nitrogen and oxygen atoms in total. The molecule has 2 heterocycles. The molecule has 0 spiro atoms. The molecule has 0 unspecified atom stereocenters. The summed E-state index contributed by atoms with van der Waals surface area (Å²) in [5, 5.41) is 12.9. The predicted octanol–water partition coefficient (Wildman–Crippen LogP) is 3.48. The van der Waals surface area contributed by atoms with Crippen LogP contribution in [-0.4, -0.2) is 39.7 Å². The highest BCUT2D eigenvalue weighted by Gasteiger charge is 2.15. The summed E-state index contributed by atoms with van der Waals surface area (Å²) < 4.78 is 2.26. The van der Waals surface area contributed by atoms with Gasteiger partial charge in [0.25, 0.3) is 0 Å². The number of aryl methyl sites for hydroxylation is 1. The first-order valence-corrected chi connectivity index (χ1v) is 9.12. The maximum absolute atomic E-state index is 5.95. The van der Waals surface area contributed by atoms with Gasteiger partial charge in [-0.2, -0.15) is 0 Å². The Kier molecular flexibility index (Phi) is 8.15. The van der Waals surface area contributed by atoms with E-state index in [0.29, 0.717) is 6.54 Å². The summed E-state index contributed by atoms with van der Waals surface area (Å²) in [4.78, 5) is 6.47. The van der Waals surface area contributed by atoms with Gasteiger partial charge < -0.3 is 14.8 Å². The van der Waals surface area contributed by atoms with Crippen molar-refractivity contribution < 1.29 is 0 Å². The average Bonchev–Trinajstić information content (AvgIpc) is 2.84. The summed E-state index contributed by atoms with van der Waals surface area (Å²) in [6, 6.07) is 7.88. The number of nitrogens with zero attached hydrogens (tertiary/aromatic N) is 5. The summed E-state index contributed by atoms with van der Waals surface area (Å²) in [6.07, 6.45) is 4.69. The number of aromatic nitrogens is 3. The molecule has 142 valence electrons. The van der Waals surface area contributed by atoms with Gasteiger partial charge in [-0.25, -0.2) is 0 Å². The fourth-order valence-corrected chi connectivity index (χ4v) is 3.28. The van der Waals surface area contributed by atoms with Gasteiger partial charge in [0.1, 0.15) is 5.82 Å². The van der Waals surface area contributed by atoms with Crippen molar-refractivity contribution in [3.63, 3.8) is 0 Å². The normalized spacial score (nSPS) is 14.2. The van der Waals surface area contributed by atoms with E-state index in [0.717, 1.165) is 42.1 Å². The molecular formula is C18H26ClIN6. The minimum Gasteiger partial charge on any atom is -0.349 e. The van der Waals surface area contributed by atoms with Gasteiger partial charge in [-0.05, 0) is 30.5 Å². The van der Waals surface area contributed by atoms with E-state index in [1.54, 1.807) is 7.05 Å². The molecule has 8 heteroatoms. The molecular weight excluding hydrogens is 463 g/mol. The van der Waals surface area contributed by atoms with E-state index < -0.39 is 0 Å². The molecule has 3 rings (SSSR count). The van der Waals surface area contributed by atoms with Gasteiger partial charge in [0.15, 0.2) is 11.8 Å². The van der Waals surface area contributed by atoms with Crippen LogP contribution >= 0.6 is 35.6 Å². The monoisotopic (exact) mass is 488 g/mol. The highest BCUT2D eigenvalue weighted by atomic mass is 127. The molecule has 1 aromatic heterocycles.